The minimum Gasteiger partial charge on any atom is -0.454 e. The molecule has 7 heteroatoms. The molecular formula is C16H18N2O5. The van der Waals surface area contributed by atoms with E-state index in [0.717, 1.165) is 5.39 Å². The number of fused-ring (bicyclic) bond motifs is 2. The number of nitrogens with zero attached hydrogens (tertiary/aromatic N) is 1. The largest absolute Gasteiger partial charge is 0.454 e. The van der Waals surface area contributed by atoms with E-state index < -0.39 is 0 Å². The minimum absolute atomic E-state index is 0.104. The number of ether oxygens (including phenoxy) is 3. The second kappa shape index (κ2) is 6.29. The number of hydrogen-bond acceptors (Lipinski definition) is 5. The standard InChI is InChI=1S/C16H18N2O5/c1-10(19)18(3-4-21-2)8-12-5-11-6-14-15(23-9-22-14)7-13(11)17-16(12)20/h5-7H,3-4,8-9H2,1-2H3,(H,17,20). The highest BCUT2D eigenvalue weighted by molar-refractivity contribution is 5.83. The number of nitrogens with one attached hydrogen (secondary N) is 1. The molecule has 7 nitrogen and oxygen atoms in total. The van der Waals surface area contributed by atoms with Crippen molar-refractivity contribution in [3.63, 3.8) is 0 Å². The highest BCUT2D eigenvalue weighted by atomic mass is 16.7. The topological polar surface area (TPSA) is 80.9 Å². The molecule has 1 N–H and O–H groups in total. The Balaban J connectivity index is 1.94. The monoisotopic (exact) mass is 318 g/mol. The van der Waals surface area contributed by atoms with E-state index in [-0.39, 0.29) is 24.8 Å². The van der Waals surface area contributed by atoms with E-state index in [1.165, 1.54) is 6.92 Å². The zero-order valence-corrected chi connectivity index (χ0v) is 13.0. The second-order valence-corrected chi connectivity index (χ2v) is 5.35. The first-order valence-corrected chi connectivity index (χ1v) is 7.28. The molecule has 2 heterocycles. The van der Waals surface area contributed by atoms with Gasteiger partial charge in [-0.15, -0.1) is 0 Å². The predicted molar refractivity (Wildman–Crippen MR) is 83.7 cm³/mol. The van der Waals surface area contributed by atoms with Gasteiger partial charge in [0, 0.05) is 37.6 Å². The van der Waals surface area contributed by atoms with Crippen molar-refractivity contribution >= 4 is 16.8 Å². The lowest BCUT2D eigenvalue weighted by Crippen LogP contribution is -2.33. The summed E-state index contributed by atoms with van der Waals surface area (Å²) in [7, 11) is 1.57. The van der Waals surface area contributed by atoms with Crippen molar-refractivity contribution in [1.82, 2.24) is 9.88 Å². The Labute approximate surface area is 132 Å². The van der Waals surface area contributed by atoms with Gasteiger partial charge in [0.25, 0.3) is 5.56 Å². The van der Waals surface area contributed by atoms with Gasteiger partial charge in [-0.2, -0.15) is 0 Å². The average Bonchev–Trinajstić information content (AvgIpc) is 2.96. The molecule has 2 aromatic rings. The van der Waals surface area contributed by atoms with Gasteiger partial charge in [-0.05, 0) is 12.1 Å². The van der Waals surface area contributed by atoms with Gasteiger partial charge >= 0.3 is 0 Å². The molecule has 0 bridgehead atoms. The summed E-state index contributed by atoms with van der Waals surface area (Å²) in [6, 6.07) is 5.35. The summed E-state index contributed by atoms with van der Waals surface area (Å²) in [5.41, 5.74) is 0.969. The zero-order valence-electron chi connectivity index (χ0n) is 13.0. The van der Waals surface area contributed by atoms with Crippen LogP contribution in [0.25, 0.3) is 10.9 Å². The molecule has 1 aromatic heterocycles. The summed E-state index contributed by atoms with van der Waals surface area (Å²) in [6.45, 7) is 2.74. The minimum atomic E-state index is -0.222. The number of amides is 1. The average molecular weight is 318 g/mol. The van der Waals surface area contributed by atoms with Crippen molar-refractivity contribution in [3.8, 4) is 11.5 Å². The van der Waals surface area contributed by atoms with Gasteiger partial charge in [0.15, 0.2) is 11.5 Å². The molecule has 3 rings (SSSR count). The number of aromatic amines is 1. The summed E-state index contributed by atoms with van der Waals surface area (Å²) in [5, 5.41) is 0.832. The third kappa shape index (κ3) is 3.14. The highest BCUT2D eigenvalue weighted by Gasteiger charge is 2.17. The fourth-order valence-electron chi connectivity index (χ4n) is 2.51. The van der Waals surface area contributed by atoms with Gasteiger partial charge in [0.2, 0.25) is 12.7 Å². The van der Waals surface area contributed by atoms with Crippen molar-refractivity contribution < 1.29 is 19.0 Å². The Bertz CT molecular complexity index is 799. The van der Waals surface area contributed by atoms with E-state index in [9.17, 15) is 9.59 Å². The lowest BCUT2D eigenvalue weighted by molar-refractivity contribution is -0.130. The Hall–Kier alpha value is -2.54. The molecule has 0 spiro atoms. The van der Waals surface area contributed by atoms with Crippen LogP contribution in [0.15, 0.2) is 23.0 Å². The zero-order chi connectivity index (χ0) is 16.4. The van der Waals surface area contributed by atoms with Crippen LogP contribution in [0, 0.1) is 0 Å². The Kier molecular flexibility index (Phi) is 4.20. The Morgan fingerprint density at radius 1 is 1.30 bits per heavy atom. The summed E-state index contributed by atoms with van der Waals surface area (Å²) < 4.78 is 15.7. The van der Waals surface area contributed by atoms with Crippen LogP contribution in [0.1, 0.15) is 12.5 Å². The lowest BCUT2D eigenvalue weighted by Gasteiger charge is -2.20. The third-order valence-electron chi connectivity index (χ3n) is 3.79. The maximum Gasteiger partial charge on any atom is 0.253 e. The van der Waals surface area contributed by atoms with Crippen LogP contribution in [-0.2, 0) is 16.1 Å². The normalized spacial score (nSPS) is 12.6. The summed E-state index contributed by atoms with van der Waals surface area (Å²) in [5.74, 6) is 1.16. The Morgan fingerprint density at radius 2 is 2.04 bits per heavy atom. The Morgan fingerprint density at radius 3 is 2.74 bits per heavy atom. The van der Waals surface area contributed by atoms with Gasteiger partial charge in [-0.25, -0.2) is 0 Å². The van der Waals surface area contributed by atoms with Gasteiger partial charge in [0.05, 0.1) is 18.7 Å². The molecule has 0 saturated heterocycles. The first-order valence-electron chi connectivity index (χ1n) is 7.28. The summed E-state index contributed by atoms with van der Waals surface area (Å²) in [4.78, 5) is 28.4. The molecule has 1 aromatic carbocycles. The van der Waals surface area contributed by atoms with Gasteiger partial charge in [-0.1, -0.05) is 0 Å². The first-order chi connectivity index (χ1) is 11.1. The quantitative estimate of drug-likeness (QED) is 0.897. The number of H-pyrrole nitrogens is 1. The van der Waals surface area contributed by atoms with Gasteiger partial charge in [0.1, 0.15) is 0 Å². The van der Waals surface area contributed by atoms with E-state index >= 15 is 0 Å². The number of methoxy groups -OCH3 is 1. The van der Waals surface area contributed by atoms with Gasteiger partial charge < -0.3 is 24.1 Å². The number of carbonyl (C=O) groups excluding carboxylic acids is 1. The predicted octanol–water partition coefficient (Wildman–Crippen LogP) is 1.25. The molecular weight excluding hydrogens is 300 g/mol. The number of carbonyl (C=O) groups is 1. The SMILES string of the molecule is COCCN(Cc1cc2cc3c(cc2[nH]c1=O)OCO3)C(C)=O. The fraction of sp³-hybridized carbons (Fsp3) is 0.375. The summed E-state index contributed by atoms with van der Waals surface area (Å²) in [6.07, 6.45) is 0. The van der Waals surface area contributed by atoms with Crippen LogP contribution in [0.3, 0.4) is 0 Å². The smallest absolute Gasteiger partial charge is 0.253 e. The number of rotatable bonds is 5. The molecule has 0 radical (unpaired) electrons. The molecule has 0 unspecified atom stereocenters. The molecule has 0 aliphatic carbocycles. The van der Waals surface area contributed by atoms with Crippen LogP contribution in [0.5, 0.6) is 11.5 Å². The van der Waals surface area contributed by atoms with E-state index in [4.69, 9.17) is 14.2 Å². The molecule has 0 fully saturated rings. The van der Waals surface area contributed by atoms with Crippen molar-refractivity contribution in [3.05, 3.63) is 34.1 Å². The van der Waals surface area contributed by atoms with Gasteiger partial charge in [-0.3, -0.25) is 9.59 Å². The summed E-state index contributed by atoms with van der Waals surface area (Å²) >= 11 is 0. The van der Waals surface area contributed by atoms with E-state index in [0.29, 0.717) is 35.7 Å². The molecule has 23 heavy (non-hydrogen) atoms. The number of aromatic nitrogens is 1. The van der Waals surface area contributed by atoms with Crippen molar-refractivity contribution in [2.75, 3.05) is 27.1 Å². The van der Waals surface area contributed by atoms with E-state index in [1.54, 1.807) is 24.1 Å². The molecule has 122 valence electrons. The maximum atomic E-state index is 12.3. The number of benzene rings is 1. The molecule has 1 aliphatic heterocycles. The van der Waals surface area contributed by atoms with Crippen LogP contribution >= 0.6 is 0 Å². The van der Waals surface area contributed by atoms with Crippen molar-refractivity contribution in [2.45, 2.75) is 13.5 Å². The number of pyridine rings is 1. The molecule has 1 aliphatic rings. The third-order valence-corrected chi connectivity index (χ3v) is 3.79. The van der Waals surface area contributed by atoms with Crippen LogP contribution in [0.2, 0.25) is 0 Å². The lowest BCUT2D eigenvalue weighted by atomic mass is 10.1. The second-order valence-electron chi connectivity index (χ2n) is 5.35. The van der Waals surface area contributed by atoms with Crippen molar-refractivity contribution in [1.29, 1.82) is 0 Å². The first kappa shape index (κ1) is 15.4. The van der Waals surface area contributed by atoms with Crippen LogP contribution in [0.4, 0.5) is 0 Å². The van der Waals surface area contributed by atoms with Crippen molar-refractivity contribution in [2.24, 2.45) is 0 Å². The molecule has 1 amide bonds. The van der Waals surface area contributed by atoms with E-state index in [1.807, 2.05) is 6.07 Å². The van der Waals surface area contributed by atoms with E-state index in [2.05, 4.69) is 4.98 Å². The number of hydrogen-bond donors (Lipinski definition) is 1. The fourth-order valence-corrected chi connectivity index (χ4v) is 2.51. The van der Waals surface area contributed by atoms with Crippen LogP contribution in [-0.4, -0.2) is 42.8 Å². The molecule has 0 saturated carbocycles. The maximum absolute atomic E-state index is 12.3. The highest BCUT2D eigenvalue weighted by Crippen LogP contribution is 2.35. The van der Waals surface area contributed by atoms with Crippen LogP contribution < -0.4 is 15.0 Å². The molecule has 0 atom stereocenters.